The Morgan fingerprint density at radius 1 is 0.958 bits per heavy atom. The lowest BCUT2D eigenvalue weighted by molar-refractivity contribution is 0.0728. The van der Waals surface area contributed by atoms with Gasteiger partial charge in [0, 0.05) is 38.3 Å². The van der Waals surface area contributed by atoms with Gasteiger partial charge in [-0.05, 0) is 51.6 Å². The highest BCUT2D eigenvalue weighted by molar-refractivity contribution is 5.75. The Labute approximate surface area is 143 Å². The van der Waals surface area contributed by atoms with Gasteiger partial charge in [0.15, 0.2) is 0 Å². The van der Waals surface area contributed by atoms with Gasteiger partial charge >= 0.3 is 6.03 Å². The Kier molecular flexibility index (Phi) is 6.27. The molecule has 7 heteroatoms. The Morgan fingerprint density at radius 2 is 1.67 bits per heavy atom. The smallest absolute Gasteiger partial charge is 0.317 e. The largest absolute Gasteiger partial charge is 0.335 e. The van der Waals surface area contributed by atoms with Gasteiger partial charge in [0.25, 0.3) is 6.43 Å². The monoisotopic (exact) mass is 344 g/mol. The van der Waals surface area contributed by atoms with E-state index in [4.69, 9.17) is 0 Å². The molecule has 5 nitrogen and oxygen atoms in total. The number of likely N-dealkylation sites (tertiary alicyclic amines) is 3. The maximum Gasteiger partial charge on any atom is 0.317 e. The zero-order valence-corrected chi connectivity index (χ0v) is 14.4. The van der Waals surface area contributed by atoms with Gasteiger partial charge in [0.2, 0.25) is 0 Å². The van der Waals surface area contributed by atoms with Crippen molar-refractivity contribution in [3.05, 3.63) is 0 Å². The number of hydrogen-bond donors (Lipinski definition) is 1. The maximum absolute atomic E-state index is 12.6. The van der Waals surface area contributed by atoms with E-state index in [-0.39, 0.29) is 18.6 Å². The van der Waals surface area contributed by atoms with Crippen LogP contribution in [0.2, 0.25) is 0 Å². The van der Waals surface area contributed by atoms with Crippen LogP contribution in [0.25, 0.3) is 0 Å². The van der Waals surface area contributed by atoms with Gasteiger partial charge in [-0.1, -0.05) is 0 Å². The van der Waals surface area contributed by atoms with Crippen molar-refractivity contribution in [2.24, 2.45) is 0 Å². The molecule has 3 rings (SSSR count). The van der Waals surface area contributed by atoms with Crippen LogP contribution >= 0.6 is 0 Å². The highest BCUT2D eigenvalue weighted by atomic mass is 19.3. The standard InChI is InChI=1S/C17H30F2N4O/c18-16(19)13-22-10-5-14(6-11-22)20-17(24)23-9-3-4-15(23)12-21-7-1-2-8-21/h14-16H,1-13H2,(H,20,24)/t15-/m0/s1. The van der Waals surface area contributed by atoms with Gasteiger partial charge in [-0.15, -0.1) is 0 Å². The molecule has 0 aromatic rings. The fourth-order valence-electron chi connectivity index (χ4n) is 4.27. The second-order valence-electron chi connectivity index (χ2n) is 7.41. The number of halogens is 2. The van der Waals surface area contributed by atoms with E-state index >= 15 is 0 Å². The van der Waals surface area contributed by atoms with E-state index in [2.05, 4.69) is 10.2 Å². The van der Waals surface area contributed by atoms with Crippen LogP contribution in [0.4, 0.5) is 13.6 Å². The number of carbonyl (C=O) groups excluding carboxylic acids is 1. The van der Waals surface area contributed by atoms with Crippen molar-refractivity contribution in [2.75, 3.05) is 45.8 Å². The van der Waals surface area contributed by atoms with Crippen molar-refractivity contribution in [1.82, 2.24) is 20.0 Å². The highest BCUT2D eigenvalue weighted by Gasteiger charge is 2.32. The normalized spacial score (nSPS) is 27.3. The van der Waals surface area contributed by atoms with Gasteiger partial charge in [-0.2, -0.15) is 0 Å². The molecular formula is C17H30F2N4O. The molecule has 3 saturated heterocycles. The Hall–Kier alpha value is -0.950. The summed E-state index contributed by atoms with van der Waals surface area (Å²) in [6, 6.07) is 0.505. The van der Waals surface area contributed by atoms with E-state index in [1.54, 1.807) is 4.90 Å². The number of amides is 2. The average Bonchev–Trinajstić information content (AvgIpc) is 3.21. The number of carbonyl (C=O) groups is 1. The van der Waals surface area contributed by atoms with Gasteiger partial charge in [0.1, 0.15) is 0 Å². The van der Waals surface area contributed by atoms with E-state index in [1.807, 2.05) is 4.90 Å². The zero-order valence-electron chi connectivity index (χ0n) is 14.4. The summed E-state index contributed by atoms with van der Waals surface area (Å²) in [6.07, 6.45) is 3.99. The van der Waals surface area contributed by atoms with Crippen LogP contribution in [-0.2, 0) is 0 Å². The van der Waals surface area contributed by atoms with E-state index < -0.39 is 6.43 Å². The van der Waals surface area contributed by atoms with Crippen LogP contribution in [0.1, 0.15) is 38.5 Å². The number of urea groups is 1. The Morgan fingerprint density at radius 3 is 2.33 bits per heavy atom. The van der Waals surface area contributed by atoms with Crippen LogP contribution < -0.4 is 5.32 Å². The second-order valence-corrected chi connectivity index (χ2v) is 7.41. The van der Waals surface area contributed by atoms with Gasteiger partial charge in [-0.3, -0.25) is 4.90 Å². The molecule has 0 unspecified atom stereocenters. The average molecular weight is 344 g/mol. The summed E-state index contributed by atoms with van der Waals surface area (Å²) in [5.41, 5.74) is 0. The SMILES string of the molecule is O=C(NC1CCN(CC(F)F)CC1)N1CCC[C@H]1CN1CCCC1. The minimum absolute atomic E-state index is 0.0454. The number of hydrogen-bond acceptors (Lipinski definition) is 3. The van der Waals surface area contributed by atoms with Crippen molar-refractivity contribution >= 4 is 6.03 Å². The van der Waals surface area contributed by atoms with Crippen molar-refractivity contribution < 1.29 is 13.6 Å². The first-order valence-corrected chi connectivity index (χ1v) is 9.42. The van der Waals surface area contributed by atoms with Gasteiger partial charge in [0.05, 0.1) is 6.54 Å². The molecule has 1 N–H and O–H groups in total. The number of alkyl halides is 2. The molecule has 3 heterocycles. The molecule has 2 amide bonds. The molecule has 0 saturated carbocycles. The third-order valence-corrected chi connectivity index (χ3v) is 5.62. The van der Waals surface area contributed by atoms with Crippen molar-refractivity contribution in [3.63, 3.8) is 0 Å². The first kappa shape index (κ1) is 17.9. The zero-order chi connectivity index (χ0) is 16.9. The molecular weight excluding hydrogens is 314 g/mol. The summed E-state index contributed by atoms with van der Waals surface area (Å²) in [4.78, 5) is 18.9. The highest BCUT2D eigenvalue weighted by Crippen LogP contribution is 2.21. The topological polar surface area (TPSA) is 38.8 Å². The first-order valence-electron chi connectivity index (χ1n) is 9.42. The van der Waals surface area contributed by atoms with Crippen molar-refractivity contribution in [2.45, 2.75) is 57.0 Å². The summed E-state index contributed by atoms with van der Waals surface area (Å²) >= 11 is 0. The van der Waals surface area contributed by atoms with E-state index in [9.17, 15) is 13.6 Å². The van der Waals surface area contributed by atoms with Crippen LogP contribution in [0.5, 0.6) is 0 Å². The summed E-state index contributed by atoms with van der Waals surface area (Å²) in [7, 11) is 0. The molecule has 0 bridgehead atoms. The molecule has 3 fully saturated rings. The minimum atomic E-state index is -2.27. The van der Waals surface area contributed by atoms with Crippen LogP contribution in [-0.4, -0.2) is 85.1 Å². The molecule has 0 aromatic heterocycles. The summed E-state index contributed by atoms with van der Waals surface area (Å²) in [5, 5.41) is 3.14. The fraction of sp³-hybridized carbons (Fsp3) is 0.941. The van der Waals surface area contributed by atoms with Crippen LogP contribution in [0.3, 0.4) is 0 Å². The summed E-state index contributed by atoms with van der Waals surface area (Å²) < 4.78 is 24.8. The quantitative estimate of drug-likeness (QED) is 0.829. The first-order chi connectivity index (χ1) is 11.6. The molecule has 1 atom stereocenters. The second kappa shape index (κ2) is 8.43. The molecule has 0 radical (unpaired) electrons. The third kappa shape index (κ3) is 4.79. The molecule has 138 valence electrons. The van der Waals surface area contributed by atoms with E-state index in [0.29, 0.717) is 19.1 Å². The lowest BCUT2D eigenvalue weighted by atomic mass is 10.1. The van der Waals surface area contributed by atoms with Gasteiger partial charge < -0.3 is 15.1 Å². The van der Waals surface area contributed by atoms with E-state index in [0.717, 1.165) is 51.9 Å². The summed E-state index contributed by atoms with van der Waals surface area (Å²) in [6.45, 7) is 5.31. The van der Waals surface area contributed by atoms with Crippen LogP contribution in [0.15, 0.2) is 0 Å². The minimum Gasteiger partial charge on any atom is -0.335 e. The predicted molar refractivity (Wildman–Crippen MR) is 89.4 cm³/mol. The van der Waals surface area contributed by atoms with Gasteiger partial charge in [-0.25, -0.2) is 13.6 Å². The molecule has 3 aliphatic rings. The number of rotatable bonds is 5. The third-order valence-electron chi connectivity index (χ3n) is 5.62. The van der Waals surface area contributed by atoms with Crippen LogP contribution in [0, 0.1) is 0 Å². The molecule has 0 aliphatic carbocycles. The predicted octanol–water partition coefficient (Wildman–Crippen LogP) is 1.99. The van der Waals surface area contributed by atoms with Crippen molar-refractivity contribution in [1.29, 1.82) is 0 Å². The Bertz CT molecular complexity index is 409. The number of nitrogens with one attached hydrogen (secondary N) is 1. The Balaban J connectivity index is 1.42. The fourth-order valence-corrected chi connectivity index (χ4v) is 4.27. The number of nitrogens with zero attached hydrogens (tertiary/aromatic N) is 3. The lowest BCUT2D eigenvalue weighted by Crippen LogP contribution is -2.52. The molecule has 0 aromatic carbocycles. The van der Waals surface area contributed by atoms with E-state index in [1.165, 1.54) is 12.8 Å². The lowest BCUT2D eigenvalue weighted by Gasteiger charge is -2.34. The molecule has 3 aliphatic heterocycles. The molecule has 0 spiro atoms. The number of piperidine rings is 1. The maximum atomic E-state index is 12.6. The molecule has 24 heavy (non-hydrogen) atoms. The summed E-state index contributed by atoms with van der Waals surface area (Å²) in [5.74, 6) is 0. The van der Waals surface area contributed by atoms with Crippen molar-refractivity contribution in [3.8, 4) is 0 Å².